The van der Waals surface area contributed by atoms with Crippen LogP contribution in [-0.2, 0) is 9.47 Å². The molecular formula is C11H13ClO2. The maximum atomic E-state index is 5.69. The smallest absolute Gasteiger partial charge is 0.184 e. The van der Waals surface area contributed by atoms with Crippen molar-refractivity contribution in [2.45, 2.75) is 19.3 Å². The zero-order valence-electron chi connectivity index (χ0n) is 8.07. The van der Waals surface area contributed by atoms with Gasteiger partial charge in [0.25, 0.3) is 0 Å². The number of hydrogen-bond donors (Lipinski definition) is 0. The third-order valence-electron chi connectivity index (χ3n) is 2.24. The molecule has 1 aliphatic heterocycles. The Morgan fingerprint density at radius 3 is 3.00 bits per heavy atom. The van der Waals surface area contributed by atoms with Crippen molar-refractivity contribution in [2.24, 2.45) is 0 Å². The summed E-state index contributed by atoms with van der Waals surface area (Å²) in [6, 6.07) is 8.14. The molecule has 0 bridgehead atoms. The average molecular weight is 213 g/mol. The van der Waals surface area contributed by atoms with Crippen LogP contribution in [0.2, 0.25) is 0 Å². The Balaban J connectivity index is 2.09. The Bertz CT molecular complexity index is 314. The van der Waals surface area contributed by atoms with Gasteiger partial charge >= 0.3 is 0 Å². The Morgan fingerprint density at radius 1 is 1.50 bits per heavy atom. The van der Waals surface area contributed by atoms with Gasteiger partial charge < -0.3 is 9.47 Å². The van der Waals surface area contributed by atoms with E-state index in [1.807, 2.05) is 12.1 Å². The number of halogens is 1. The van der Waals surface area contributed by atoms with Crippen LogP contribution in [0, 0.1) is 6.92 Å². The summed E-state index contributed by atoms with van der Waals surface area (Å²) in [5.74, 6) is 0.488. The van der Waals surface area contributed by atoms with E-state index in [0.29, 0.717) is 12.5 Å². The number of alkyl halides is 1. The van der Waals surface area contributed by atoms with E-state index in [1.165, 1.54) is 5.56 Å². The summed E-state index contributed by atoms with van der Waals surface area (Å²) in [6.07, 6.45) is -0.208. The minimum atomic E-state index is -0.237. The predicted octanol–water partition coefficient (Wildman–Crippen LogP) is 2.65. The molecular weight excluding hydrogens is 200 g/mol. The predicted molar refractivity (Wildman–Crippen MR) is 55.5 cm³/mol. The van der Waals surface area contributed by atoms with Gasteiger partial charge in [-0.05, 0) is 6.92 Å². The maximum absolute atomic E-state index is 5.69. The van der Waals surface area contributed by atoms with E-state index in [4.69, 9.17) is 21.1 Å². The molecule has 14 heavy (non-hydrogen) atoms. The number of rotatable bonds is 2. The molecule has 76 valence electrons. The van der Waals surface area contributed by atoms with Gasteiger partial charge in [-0.2, -0.15) is 0 Å². The second-order valence-corrected chi connectivity index (χ2v) is 3.80. The summed E-state index contributed by atoms with van der Waals surface area (Å²) in [7, 11) is 0. The van der Waals surface area contributed by atoms with Crippen LogP contribution in [0.25, 0.3) is 0 Å². The number of ether oxygens (including phenoxy) is 2. The van der Waals surface area contributed by atoms with Gasteiger partial charge in [-0.3, -0.25) is 0 Å². The van der Waals surface area contributed by atoms with Crippen LogP contribution in [0.15, 0.2) is 24.3 Å². The molecule has 1 aromatic carbocycles. The largest absolute Gasteiger partial charge is 0.346 e. The maximum Gasteiger partial charge on any atom is 0.184 e. The summed E-state index contributed by atoms with van der Waals surface area (Å²) >= 11 is 5.69. The first-order valence-corrected chi connectivity index (χ1v) is 5.22. The molecule has 0 aromatic heterocycles. The van der Waals surface area contributed by atoms with Crippen LogP contribution in [0.5, 0.6) is 0 Å². The molecule has 2 rings (SSSR count). The van der Waals surface area contributed by atoms with E-state index in [-0.39, 0.29) is 12.4 Å². The first kappa shape index (κ1) is 9.97. The highest BCUT2D eigenvalue weighted by Crippen LogP contribution is 2.27. The third-order valence-corrected chi connectivity index (χ3v) is 2.58. The first-order chi connectivity index (χ1) is 6.79. The van der Waals surface area contributed by atoms with Crippen molar-refractivity contribution in [1.29, 1.82) is 0 Å². The highest BCUT2D eigenvalue weighted by Gasteiger charge is 2.26. The van der Waals surface area contributed by atoms with E-state index >= 15 is 0 Å². The lowest BCUT2D eigenvalue weighted by Gasteiger charge is -2.10. The highest BCUT2D eigenvalue weighted by atomic mass is 35.5. The van der Waals surface area contributed by atoms with Crippen molar-refractivity contribution < 1.29 is 9.47 Å². The Labute approximate surface area is 88.8 Å². The Kier molecular flexibility index (Phi) is 3.06. The van der Waals surface area contributed by atoms with Gasteiger partial charge in [-0.25, -0.2) is 0 Å². The Morgan fingerprint density at radius 2 is 2.36 bits per heavy atom. The molecule has 2 nitrogen and oxygen atoms in total. The molecule has 1 fully saturated rings. The first-order valence-electron chi connectivity index (χ1n) is 4.69. The summed E-state index contributed by atoms with van der Waals surface area (Å²) in [6.45, 7) is 2.64. The normalized spacial score (nSPS) is 26.7. The van der Waals surface area contributed by atoms with E-state index in [0.717, 1.165) is 5.56 Å². The molecule has 0 saturated carbocycles. The fourth-order valence-electron chi connectivity index (χ4n) is 1.52. The minimum Gasteiger partial charge on any atom is -0.346 e. The van der Waals surface area contributed by atoms with Gasteiger partial charge in [0, 0.05) is 5.56 Å². The molecule has 1 saturated heterocycles. The molecule has 0 radical (unpaired) electrons. The van der Waals surface area contributed by atoms with E-state index in [1.54, 1.807) is 0 Å². The van der Waals surface area contributed by atoms with Crippen LogP contribution in [-0.4, -0.2) is 18.6 Å². The van der Waals surface area contributed by atoms with Crippen LogP contribution in [0.4, 0.5) is 0 Å². The van der Waals surface area contributed by atoms with Gasteiger partial charge in [0.05, 0.1) is 18.6 Å². The second kappa shape index (κ2) is 4.30. The van der Waals surface area contributed by atoms with Crippen molar-refractivity contribution >= 4 is 11.6 Å². The van der Waals surface area contributed by atoms with E-state index < -0.39 is 0 Å². The Hall–Kier alpha value is -0.570. The van der Waals surface area contributed by atoms with Crippen LogP contribution in [0.3, 0.4) is 0 Å². The van der Waals surface area contributed by atoms with Crippen molar-refractivity contribution in [3.8, 4) is 0 Å². The second-order valence-electron chi connectivity index (χ2n) is 3.49. The van der Waals surface area contributed by atoms with Gasteiger partial charge in [0.15, 0.2) is 6.29 Å². The molecule has 0 amide bonds. The molecule has 2 unspecified atom stereocenters. The molecule has 1 heterocycles. The minimum absolute atomic E-state index is 0.0298. The third kappa shape index (κ3) is 2.08. The summed E-state index contributed by atoms with van der Waals surface area (Å²) in [4.78, 5) is 0. The van der Waals surface area contributed by atoms with Crippen LogP contribution in [0.1, 0.15) is 17.4 Å². The van der Waals surface area contributed by atoms with Crippen molar-refractivity contribution in [3.05, 3.63) is 35.4 Å². The molecule has 1 aliphatic rings. The number of aryl methyl sites for hydroxylation is 1. The lowest BCUT2D eigenvalue weighted by Crippen LogP contribution is -2.10. The van der Waals surface area contributed by atoms with E-state index in [2.05, 4.69) is 19.1 Å². The lowest BCUT2D eigenvalue weighted by molar-refractivity contribution is -0.0567. The van der Waals surface area contributed by atoms with Crippen molar-refractivity contribution in [1.82, 2.24) is 0 Å². The SMILES string of the molecule is Cc1cccc(C2OCC(CCl)O2)c1. The molecule has 0 spiro atoms. The zero-order chi connectivity index (χ0) is 9.97. The average Bonchev–Trinajstić information content (AvgIpc) is 2.66. The van der Waals surface area contributed by atoms with Crippen LogP contribution >= 0.6 is 11.6 Å². The molecule has 2 atom stereocenters. The molecule has 0 N–H and O–H groups in total. The van der Waals surface area contributed by atoms with E-state index in [9.17, 15) is 0 Å². The monoisotopic (exact) mass is 212 g/mol. The molecule has 3 heteroatoms. The lowest BCUT2D eigenvalue weighted by atomic mass is 10.1. The highest BCUT2D eigenvalue weighted by molar-refractivity contribution is 6.18. The van der Waals surface area contributed by atoms with Gasteiger partial charge in [0.1, 0.15) is 0 Å². The summed E-state index contributed by atoms with van der Waals surface area (Å²) in [5.41, 5.74) is 2.28. The number of benzene rings is 1. The molecule has 0 aliphatic carbocycles. The standard InChI is InChI=1S/C11H13ClO2/c1-8-3-2-4-9(5-8)11-13-7-10(6-12)14-11/h2-5,10-11H,6-7H2,1H3. The topological polar surface area (TPSA) is 18.5 Å². The zero-order valence-corrected chi connectivity index (χ0v) is 8.83. The fourth-order valence-corrected chi connectivity index (χ4v) is 1.68. The van der Waals surface area contributed by atoms with Gasteiger partial charge in [-0.1, -0.05) is 29.8 Å². The van der Waals surface area contributed by atoms with Gasteiger partial charge in [-0.15, -0.1) is 11.6 Å². The number of hydrogen-bond acceptors (Lipinski definition) is 2. The van der Waals surface area contributed by atoms with Crippen LogP contribution < -0.4 is 0 Å². The van der Waals surface area contributed by atoms with Gasteiger partial charge in [0.2, 0.25) is 0 Å². The molecule has 1 aromatic rings. The fraction of sp³-hybridized carbons (Fsp3) is 0.455. The summed E-state index contributed by atoms with van der Waals surface area (Å²) < 4.78 is 11.1. The van der Waals surface area contributed by atoms with Crippen molar-refractivity contribution in [2.75, 3.05) is 12.5 Å². The quantitative estimate of drug-likeness (QED) is 0.702. The summed E-state index contributed by atoms with van der Waals surface area (Å²) in [5, 5.41) is 0. The van der Waals surface area contributed by atoms with Crippen molar-refractivity contribution in [3.63, 3.8) is 0 Å².